The Morgan fingerprint density at radius 3 is 2.74 bits per heavy atom. The summed E-state index contributed by atoms with van der Waals surface area (Å²) in [6.45, 7) is 6.57. The van der Waals surface area contributed by atoms with Gasteiger partial charge >= 0.3 is 0 Å². The molecule has 1 aliphatic carbocycles. The topological polar surface area (TPSA) is 36.4 Å². The van der Waals surface area contributed by atoms with Gasteiger partial charge in [-0.25, -0.2) is 0 Å². The summed E-state index contributed by atoms with van der Waals surface area (Å²) in [5.41, 5.74) is 6.32. The molecule has 5 rings (SSSR count). The van der Waals surface area contributed by atoms with Crippen molar-refractivity contribution in [3.05, 3.63) is 69.9 Å². The number of nitrogens with zero attached hydrogens (tertiary/aromatic N) is 3. The molecule has 2 heterocycles. The van der Waals surface area contributed by atoms with Crippen LogP contribution in [0.3, 0.4) is 0 Å². The summed E-state index contributed by atoms with van der Waals surface area (Å²) < 4.78 is 0. The quantitative estimate of drug-likeness (QED) is 0.541. The zero-order valence-corrected chi connectivity index (χ0v) is 19.0. The van der Waals surface area contributed by atoms with Crippen LogP contribution in [0.2, 0.25) is 5.02 Å². The van der Waals surface area contributed by atoms with Gasteiger partial charge in [-0.05, 0) is 74.9 Å². The average molecular weight is 434 g/mol. The molecule has 1 atom stereocenters. The summed E-state index contributed by atoms with van der Waals surface area (Å²) in [5, 5.41) is 1.77. The highest BCUT2D eigenvalue weighted by Crippen LogP contribution is 2.33. The van der Waals surface area contributed by atoms with Gasteiger partial charge in [0.15, 0.2) is 0 Å². The molecule has 2 aromatic carbocycles. The van der Waals surface area contributed by atoms with Crippen molar-refractivity contribution >= 4 is 34.1 Å². The molecule has 31 heavy (non-hydrogen) atoms. The number of anilines is 1. The maximum absolute atomic E-state index is 13.3. The second kappa shape index (κ2) is 8.16. The van der Waals surface area contributed by atoms with Crippen molar-refractivity contribution in [2.24, 2.45) is 0 Å². The van der Waals surface area contributed by atoms with Crippen LogP contribution in [0.1, 0.15) is 46.9 Å². The number of carbonyl (C=O) groups excluding carboxylic acids is 1. The van der Waals surface area contributed by atoms with Crippen molar-refractivity contribution in [1.82, 2.24) is 9.88 Å². The zero-order valence-electron chi connectivity index (χ0n) is 18.2. The maximum atomic E-state index is 13.3. The van der Waals surface area contributed by atoms with Gasteiger partial charge in [0, 0.05) is 48.0 Å². The highest BCUT2D eigenvalue weighted by Gasteiger charge is 2.28. The van der Waals surface area contributed by atoms with Crippen molar-refractivity contribution in [2.75, 3.05) is 24.5 Å². The van der Waals surface area contributed by atoms with E-state index in [-0.39, 0.29) is 11.9 Å². The number of fused-ring (bicyclic) bond motifs is 2. The van der Waals surface area contributed by atoms with Crippen LogP contribution in [0.4, 0.5) is 5.69 Å². The molecule has 0 N–H and O–H groups in total. The van der Waals surface area contributed by atoms with Gasteiger partial charge in [0.2, 0.25) is 0 Å². The van der Waals surface area contributed by atoms with Gasteiger partial charge < -0.3 is 9.80 Å². The summed E-state index contributed by atoms with van der Waals surface area (Å²) >= 11 is 6.70. The van der Waals surface area contributed by atoms with E-state index in [0.717, 1.165) is 47.4 Å². The van der Waals surface area contributed by atoms with Crippen LogP contribution in [0.5, 0.6) is 0 Å². The fourth-order valence-electron chi connectivity index (χ4n) is 5.01. The Hall–Kier alpha value is -2.59. The Morgan fingerprint density at radius 2 is 1.94 bits per heavy atom. The second-order valence-electron chi connectivity index (χ2n) is 8.92. The van der Waals surface area contributed by atoms with Crippen molar-refractivity contribution in [1.29, 1.82) is 0 Å². The van der Waals surface area contributed by atoms with Gasteiger partial charge in [-0.3, -0.25) is 9.78 Å². The van der Waals surface area contributed by atoms with E-state index in [9.17, 15) is 4.79 Å². The number of aryl methyl sites for hydroxylation is 2. The third-order valence-corrected chi connectivity index (χ3v) is 7.12. The van der Waals surface area contributed by atoms with Gasteiger partial charge in [-0.1, -0.05) is 29.8 Å². The minimum Gasteiger partial charge on any atom is -0.365 e. The third kappa shape index (κ3) is 3.78. The predicted octanol–water partition coefficient (Wildman–Crippen LogP) is 5.43. The number of amides is 1. The van der Waals surface area contributed by atoms with Gasteiger partial charge in [0.05, 0.1) is 10.5 Å². The first-order valence-electron chi connectivity index (χ1n) is 11.2. The van der Waals surface area contributed by atoms with Crippen LogP contribution >= 0.6 is 11.6 Å². The molecule has 0 radical (unpaired) electrons. The number of carbonyl (C=O) groups is 1. The molecular formula is C26H28ClN3O. The normalized spacial score (nSPS) is 18.9. The Morgan fingerprint density at radius 1 is 1.10 bits per heavy atom. The van der Waals surface area contributed by atoms with Crippen LogP contribution in [0.15, 0.2) is 42.5 Å². The Kier molecular flexibility index (Phi) is 5.35. The molecule has 0 spiro atoms. The van der Waals surface area contributed by atoms with Crippen LogP contribution in [0.25, 0.3) is 10.9 Å². The molecular weight excluding hydrogens is 406 g/mol. The number of hydrogen-bond donors (Lipinski definition) is 0. The first-order chi connectivity index (χ1) is 15.0. The minimum atomic E-state index is 0.0771. The summed E-state index contributed by atoms with van der Waals surface area (Å²) in [5.74, 6) is 0.0771. The second-order valence-corrected chi connectivity index (χ2v) is 9.30. The van der Waals surface area contributed by atoms with E-state index in [1.54, 1.807) is 0 Å². The molecule has 0 saturated carbocycles. The van der Waals surface area contributed by atoms with Crippen molar-refractivity contribution in [2.45, 2.75) is 45.6 Å². The summed E-state index contributed by atoms with van der Waals surface area (Å²) in [6.07, 6.45) is 4.30. The monoisotopic (exact) mass is 433 g/mol. The average Bonchev–Trinajstić information content (AvgIpc) is 2.78. The van der Waals surface area contributed by atoms with Gasteiger partial charge in [-0.2, -0.15) is 0 Å². The van der Waals surface area contributed by atoms with Gasteiger partial charge in [0.1, 0.15) is 0 Å². The third-order valence-electron chi connectivity index (χ3n) is 6.69. The summed E-state index contributed by atoms with van der Waals surface area (Å²) in [7, 11) is 0. The standard InChI is InChI=1S/C26H28ClN3O/c1-17-6-5-7-20(14-17)30-13-12-29(16-18(30)2)26(31)19-10-11-22-24(15-19)28-23-9-4-3-8-21(23)25(22)27/h5-7,10-11,14-15,18H,3-4,8-9,12-13,16H2,1-2H3/t18-/m1/s1. The smallest absolute Gasteiger partial charge is 0.254 e. The number of pyridine rings is 1. The van der Waals surface area contributed by atoms with Crippen molar-refractivity contribution < 1.29 is 4.79 Å². The van der Waals surface area contributed by atoms with Gasteiger partial charge in [-0.15, -0.1) is 0 Å². The van der Waals surface area contributed by atoms with E-state index < -0.39 is 0 Å². The molecule has 0 bridgehead atoms. The number of aromatic nitrogens is 1. The fraction of sp³-hybridized carbons (Fsp3) is 0.385. The van der Waals surface area contributed by atoms with Crippen molar-refractivity contribution in [3.8, 4) is 0 Å². The molecule has 3 aromatic rings. The summed E-state index contributed by atoms with van der Waals surface area (Å²) in [6, 6.07) is 14.7. The van der Waals surface area contributed by atoms with Gasteiger partial charge in [0.25, 0.3) is 5.91 Å². The van der Waals surface area contributed by atoms with E-state index in [4.69, 9.17) is 16.6 Å². The zero-order chi connectivity index (χ0) is 21.5. The van der Waals surface area contributed by atoms with Crippen LogP contribution in [-0.2, 0) is 12.8 Å². The molecule has 1 saturated heterocycles. The van der Waals surface area contributed by atoms with E-state index in [2.05, 4.69) is 43.0 Å². The van der Waals surface area contributed by atoms with Crippen LogP contribution < -0.4 is 4.90 Å². The molecule has 1 amide bonds. The number of piperazine rings is 1. The lowest BCUT2D eigenvalue weighted by molar-refractivity contribution is 0.0726. The molecule has 2 aliphatic rings. The highest BCUT2D eigenvalue weighted by molar-refractivity contribution is 6.36. The number of rotatable bonds is 2. The summed E-state index contributed by atoms with van der Waals surface area (Å²) in [4.78, 5) is 22.5. The number of hydrogen-bond acceptors (Lipinski definition) is 3. The molecule has 1 aromatic heterocycles. The molecule has 1 fully saturated rings. The van der Waals surface area contributed by atoms with E-state index in [0.29, 0.717) is 18.7 Å². The first kappa shape index (κ1) is 20.3. The maximum Gasteiger partial charge on any atom is 0.254 e. The lowest BCUT2D eigenvalue weighted by atomic mass is 9.94. The Balaban J connectivity index is 1.38. The van der Waals surface area contributed by atoms with E-state index >= 15 is 0 Å². The minimum absolute atomic E-state index is 0.0771. The largest absolute Gasteiger partial charge is 0.365 e. The lowest BCUT2D eigenvalue weighted by Crippen LogP contribution is -2.53. The fourth-order valence-corrected chi connectivity index (χ4v) is 5.38. The van der Waals surface area contributed by atoms with Crippen LogP contribution in [0, 0.1) is 6.92 Å². The highest BCUT2D eigenvalue weighted by atomic mass is 35.5. The molecule has 160 valence electrons. The molecule has 1 aliphatic heterocycles. The van der Waals surface area contributed by atoms with E-state index in [1.807, 2.05) is 23.1 Å². The predicted molar refractivity (Wildman–Crippen MR) is 127 cm³/mol. The Labute approximate surface area is 188 Å². The number of halogens is 1. The first-order valence-corrected chi connectivity index (χ1v) is 11.6. The molecule has 5 heteroatoms. The van der Waals surface area contributed by atoms with Crippen LogP contribution in [-0.4, -0.2) is 41.5 Å². The van der Waals surface area contributed by atoms with Crippen molar-refractivity contribution in [3.63, 3.8) is 0 Å². The number of benzene rings is 2. The Bertz CT molecular complexity index is 1160. The molecule has 0 unspecified atom stereocenters. The van der Waals surface area contributed by atoms with E-state index in [1.165, 1.54) is 23.2 Å². The molecule has 4 nitrogen and oxygen atoms in total. The SMILES string of the molecule is Cc1cccc(N2CCN(C(=O)c3ccc4c(Cl)c5c(nc4c3)CCCC5)C[C@H]2C)c1. The lowest BCUT2D eigenvalue weighted by Gasteiger charge is -2.41.